The van der Waals surface area contributed by atoms with Crippen LogP contribution in [0.1, 0.15) is 87.0 Å². The summed E-state index contributed by atoms with van der Waals surface area (Å²) in [5, 5.41) is 11.8. The lowest BCUT2D eigenvalue weighted by Gasteiger charge is -2.49. The molecule has 5 atom stereocenters. The molecule has 0 amide bonds. The van der Waals surface area contributed by atoms with E-state index in [0.717, 1.165) is 16.9 Å². The van der Waals surface area contributed by atoms with Crippen molar-refractivity contribution in [2.45, 2.75) is 124 Å². The van der Waals surface area contributed by atoms with Gasteiger partial charge in [0, 0.05) is 30.2 Å². The van der Waals surface area contributed by atoms with E-state index in [2.05, 4.69) is 38.7 Å². The Kier molecular flexibility index (Phi) is 15.0. The Balaban J connectivity index is 1.65. The number of methoxy groups -OCH3 is 3. The number of nitrogens with zero attached hydrogens (tertiary/aromatic N) is 1. The molecule has 1 aliphatic heterocycles. The Labute approximate surface area is 339 Å². The van der Waals surface area contributed by atoms with Crippen LogP contribution in [-0.4, -0.2) is 71.0 Å². The van der Waals surface area contributed by atoms with E-state index in [1.165, 1.54) is 7.11 Å². The predicted molar refractivity (Wildman–Crippen MR) is 221 cm³/mol. The van der Waals surface area contributed by atoms with Gasteiger partial charge in [-0.25, -0.2) is 11.4 Å². The molecule has 3 aromatic rings. The van der Waals surface area contributed by atoms with Gasteiger partial charge in [-0.1, -0.05) is 65.8 Å². The summed E-state index contributed by atoms with van der Waals surface area (Å²) in [6.45, 7) is 26.6. The van der Waals surface area contributed by atoms with Gasteiger partial charge in [-0.2, -0.15) is 0 Å². The number of benzene rings is 3. The first-order valence-electron chi connectivity index (χ1n) is 19.4. The van der Waals surface area contributed by atoms with Crippen LogP contribution in [-0.2, 0) is 38.3 Å². The number of aliphatic hydroxyl groups excluding tert-OH is 1. The lowest BCUT2D eigenvalue weighted by Crippen LogP contribution is -2.56. The van der Waals surface area contributed by atoms with Crippen LogP contribution in [0.5, 0.6) is 23.0 Å². The molecule has 12 heteroatoms. The van der Waals surface area contributed by atoms with E-state index >= 15 is 0 Å². The van der Waals surface area contributed by atoms with Gasteiger partial charge in [-0.15, -0.1) is 0 Å². The molecule has 0 bridgehead atoms. The summed E-state index contributed by atoms with van der Waals surface area (Å²) in [5.74, 6) is 0.343. The van der Waals surface area contributed by atoms with Crippen molar-refractivity contribution in [2.75, 3.05) is 21.3 Å². The minimum absolute atomic E-state index is 0.0152. The second kappa shape index (κ2) is 18.9. The fourth-order valence-electron chi connectivity index (χ4n) is 6.61. The van der Waals surface area contributed by atoms with Gasteiger partial charge in [-0.05, 0) is 71.6 Å². The summed E-state index contributed by atoms with van der Waals surface area (Å²) in [4.78, 5) is 31.3. The highest BCUT2D eigenvalue weighted by atomic mass is 28.4. The van der Waals surface area contributed by atoms with Gasteiger partial charge in [0.05, 0.1) is 46.1 Å². The van der Waals surface area contributed by atoms with Crippen LogP contribution < -0.4 is 18.9 Å². The molecule has 4 rings (SSSR count). The van der Waals surface area contributed by atoms with Gasteiger partial charge in [0.15, 0.2) is 8.32 Å². The normalized spacial score (nSPS) is 19.1. The van der Waals surface area contributed by atoms with Crippen LogP contribution in [0.2, 0.25) is 18.1 Å². The number of hydrogen-bond acceptors (Lipinski definition) is 10. The Morgan fingerprint density at radius 3 is 1.95 bits per heavy atom. The molecule has 0 aromatic heterocycles. The van der Waals surface area contributed by atoms with Crippen molar-refractivity contribution in [1.29, 1.82) is 0 Å². The van der Waals surface area contributed by atoms with E-state index in [0.29, 0.717) is 29.0 Å². The van der Waals surface area contributed by atoms with Crippen LogP contribution >= 0.6 is 0 Å². The molecule has 0 radical (unpaired) electrons. The van der Waals surface area contributed by atoms with Crippen molar-refractivity contribution in [3.05, 3.63) is 93.8 Å². The maximum atomic E-state index is 14.1. The average Bonchev–Trinajstić information content (AvgIpc) is 3.18. The molecule has 1 heterocycles. The summed E-state index contributed by atoms with van der Waals surface area (Å²) in [5.41, 5.74) is 2.31. The number of Topliss-reactive ketones (excluding diaryl/α,β-unsaturated/α-hetero) is 1. The molecule has 1 aliphatic rings. The zero-order valence-corrected chi connectivity index (χ0v) is 36.7. The van der Waals surface area contributed by atoms with Crippen LogP contribution in [0.25, 0.3) is 4.85 Å². The number of aliphatic hydroxyl groups is 1. The molecule has 0 aliphatic carbocycles. The van der Waals surface area contributed by atoms with Gasteiger partial charge in [0.1, 0.15) is 47.6 Å². The highest BCUT2D eigenvalue weighted by Crippen LogP contribution is 2.46. The topological polar surface area (TPSA) is 123 Å². The SMILES string of the molecule is [C-]#[N+][C@@H]1C[C@@H](O[Si](C)(C)C(C)(C)C)C(C)(C)[C@@H](CC(=O)C(C)[C@H](O)Cc2c(C)c(OCc3ccc(OC)cc3)cc(OCc3ccc(OC)cc3)c2C(=O)OC)O1. The van der Waals surface area contributed by atoms with Crippen molar-refractivity contribution >= 4 is 20.1 Å². The molecule has 1 fully saturated rings. The van der Waals surface area contributed by atoms with Crippen molar-refractivity contribution < 1.29 is 47.5 Å². The molecule has 1 unspecified atom stereocenters. The number of hydrogen-bond donors (Lipinski definition) is 1. The molecule has 11 nitrogen and oxygen atoms in total. The summed E-state index contributed by atoms with van der Waals surface area (Å²) in [7, 11) is 2.26. The zero-order valence-electron chi connectivity index (χ0n) is 35.7. The second-order valence-electron chi connectivity index (χ2n) is 17.0. The van der Waals surface area contributed by atoms with Crippen LogP contribution in [0.3, 0.4) is 0 Å². The van der Waals surface area contributed by atoms with Crippen molar-refractivity contribution in [1.82, 2.24) is 0 Å². The standard InChI is InChI=1S/C45H61NO10Si/c1-28-34(22-35(47)29(2)36(48)23-39-45(6,7)40(25-41(46-8)55-39)56-57(12,13)44(3,4)5)42(43(49)52-11)38(54-27-31-16-20-33(51-10)21-17-31)24-37(28)53-26-30-14-18-32(50-9)19-15-30/h14-21,24,29,35,39-41,47H,22-23,25-27H2,1-7,9-13H3/t29?,35-,39-,40-,41+/m1/s1. The Hall–Kier alpha value is -4.41. The molecule has 1 N–H and O–H groups in total. The van der Waals surface area contributed by atoms with Gasteiger partial charge < -0.3 is 38.0 Å². The third-order valence-corrected chi connectivity index (χ3v) is 16.3. The van der Waals surface area contributed by atoms with Crippen molar-refractivity contribution in [3.8, 4) is 23.0 Å². The fourth-order valence-corrected chi connectivity index (χ4v) is 8.07. The molecular weight excluding hydrogens is 743 g/mol. The zero-order chi connectivity index (χ0) is 42.3. The molecule has 1 saturated heterocycles. The van der Waals surface area contributed by atoms with E-state index in [4.69, 9.17) is 39.4 Å². The number of esters is 1. The lowest BCUT2D eigenvalue weighted by molar-refractivity contribution is -0.165. The molecule has 0 saturated carbocycles. The average molecular weight is 804 g/mol. The van der Waals surface area contributed by atoms with E-state index < -0.39 is 44.1 Å². The van der Waals surface area contributed by atoms with Crippen LogP contribution in [0.4, 0.5) is 0 Å². The molecule has 0 spiro atoms. The fraction of sp³-hybridized carbons (Fsp3) is 0.533. The second-order valence-corrected chi connectivity index (χ2v) is 21.7. The number of rotatable bonds is 17. The van der Waals surface area contributed by atoms with Gasteiger partial charge in [0.2, 0.25) is 0 Å². The number of carbonyl (C=O) groups is 2. The predicted octanol–water partition coefficient (Wildman–Crippen LogP) is 8.91. The van der Waals surface area contributed by atoms with Gasteiger partial charge >= 0.3 is 12.2 Å². The maximum absolute atomic E-state index is 14.1. The minimum Gasteiger partial charge on any atom is -0.497 e. The Morgan fingerprint density at radius 2 is 1.47 bits per heavy atom. The third-order valence-electron chi connectivity index (χ3n) is 11.8. The van der Waals surface area contributed by atoms with Gasteiger partial charge in [-0.3, -0.25) is 9.64 Å². The Morgan fingerprint density at radius 1 is 0.947 bits per heavy atom. The van der Waals surface area contributed by atoms with Gasteiger partial charge in [0.25, 0.3) is 0 Å². The number of ketones is 1. The largest absolute Gasteiger partial charge is 0.497 e. The first kappa shape index (κ1) is 45.3. The molecule has 310 valence electrons. The van der Waals surface area contributed by atoms with E-state index in [1.807, 2.05) is 69.3 Å². The van der Waals surface area contributed by atoms with E-state index in [9.17, 15) is 14.7 Å². The monoisotopic (exact) mass is 803 g/mol. The molecule has 57 heavy (non-hydrogen) atoms. The smallest absolute Gasteiger partial charge is 0.341 e. The molecule has 3 aromatic carbocycles. The third kappa shape index (κ3) is 11.0. The summed E-state index contributed by atoms with van der Waals surface area (Å²) < 4.78 is 41.6. The van der Waals surface area contributed by atoms with E-state index in [1.54, 1.807) is 27.2 Å². The first-order chi connectivity index (χ1) is 26.8. The Bertz CT molecular complexity index is 1880. The minimum atomic E-state index is -2.22. The van der Waals surface area contributed by atoms with Crippen LogP contribution in [0.15, 0.2) is 54.6 Å². The maximum Gasteiger partial charge on any atom is 0.341 e. The summed E-state index contributed by atoms with van der Waals surface area (Å²) in [6, 6.07) is 16.5. The lowest BCUT2D eigenvalue weighted by atomic mass is 9.74. The summed E-state index contributed by atoms with van der Waals surface area (Å²) in [6.07, 6.45) is -2.51. The number of carbonyl (C=O) groups excluding carboxylic acids is 2. The van der Waals surface area contributed by atoms with Crippen molar-refractivity contribution in [2.24, 2.45) is 11.3 Å². The summed E-state index contributed by atoms with van der Waals surface area (Å²) >= 11 is 0. The molecular formula is C45H61NO10Si. The first-order valence-corrected chi connectivity index (χ1v) is 22.3. The highest BCUT2D eigenvalue weighted by Gasteiger charge is 2.52. The van der Waals surface area contributed by atoms with Crippen molar-refractivity contribution in [3.63, 3.8) is 0 Å². The van der Waals surface area contributed by atoms with E-state index in [-0.39, 0.29) is 54.3 Å². The highest BCUT2D eigenvalue weighted by molar-refractivity contribution is 6.74. The van der Waals surface area contributed by atoms with Crippen LogP contribution in [0, 0.1) is 24.8 Å². The number of ether oxygens (including phenoxy) is 6. The quantitative estimate of drug-likeness (QED) is 0.0804.